The van der Waals surface area contributed by atoms with Crippen LogP contribution in [0.15, 0.2) is 18.2 Å². The van der Waals surface area contributed by atoms with Crippen molar-refractivity contribution in [1.29, 1.82) is 0 Å². The second-order valence-corrected chi connectivity index (χ2v) is 5.06. The molecule has 0 radical (unpaired) electrons. The summed E-state index contributed by atoms with van der Waals surface area (Å²) in [4.78, 5) is 23.3. The molecule has 0 heterocycles. The molecule has 19 heavy (non-hydrogen) atoms. The molecule has 0 bridgehead atoms. The van der Waals surface area contributed by atoms with Crippen molar-refractivity contribution >= 4 is 23.5 Å². The molecule has 0 atom stereocenters. The van der Waals surface area contributed by atoms with E-state index in [0.29, 0.717) is 12.8 Å². The Hall–Kier alpha value is -1.62. The highest BCUT2D eigenvalue weighted by atomic mass is 35.5. The third kappa shape index (κ3) is 2.56. The lowest BCUT2D eigenvalue weighted by molar-refractivity contribution is -0.144. The van der Waals surface area contributed by atoms with Gasteiger partial charge in [-0.3, -0.25) is 4.79 Å². The van der Waals surface area contributed by atoms with E-state index in [9.17, 15) is 19.1 Å². The zero-order valence-electron chi connectivity index (χ0n) is 10.1. The summed E-state index contributed by atoms with van der Waals surface area (Å²) < 4.78 is 13.7. The Kier molecular flexibility index (Phi) is 3.75. The lowest BCUT2D eigenvalue weighted by Crippen LogP contribution is -2.52. The van der Waals surface area contributed by atoms with Crippen LogP contribution in [0.5, 0.6) is 0 Å². The van der Waals surface area contributed by atoms with Crippen molar-refractivity contribution in [3.63, 3.8) is 0 Å². The van der Waals surface area contributed by atoms with E-state index in [1.165, 1.54) is 18.2 Å². The molecule has 1 saturated carbocycles. The maximum absolute atomic E-state index is 13.7. The smallest absolute Gasteiger partial charge is 0.329 e. The van der Waals surface area contributed by atoms with Crippen LogP contribution in [-0.2, 0) is 4.79 Å². The van der Waals surface area contributed by atoms with Crippen LogP contribution in [0.3, 0.4) is 0 Å². The monoisotopic (exact) mass is 285 g/mol. The van der Waals surface area contributed by atoms with E-state index in [4.69, 9.17) is 11.6 Å². The molecule has 102 valence electrons. The highest BCUT2D eigenvalue weighted by Gasteiger charge is 2.43. The Morgan fingerprint density at radius 3 is 2.53 bits per heavy atom. The van der Waals surface area contributed by atoms with E-state index in [1.54, 1.807) is 0 Å². The van der Waals surface area contributed by atoms with Crippen molar-refractivity contribution in [2.45, 2.75) is 31.2 Å². The van der Waals surface area contributed by atoms with Crippen LogP contribution in [0, 0.1) is 5.82 Å². The minimum Gasteiger partial charge on any atom is -0.480 e. The number of carbonyl (C=O) groups excluding carboxylic acids is 1. The van der Waals surface area contributed by atoms with Gasteiger partial charge in [-0.25, -0.2) is 9.18 Å². The second-order valence-electron chi connectivity index (χ2n) is 4.65. The van der Waals surface area contributed by atoms with Gasteiger partial charge in [-0.05, 0) is 25.0 Å². The summed E-state index contributed by atoms with van der Waals surface area (Å²) in [7, 11) is 0. The molecule has 2 N–H and O–H groups in total. The quantitative estimate of drug-likeness (QED) is 0.897. The fraction of sp³-hybridized carbons (Fsp3) is 0.385. The molecule has 1 aromatic carbocycles. The first-order chi connectivity index (χ1) is 8.96. The van der Waals surface area contributed by atoms with Gasteiger partial charge in [-0.2, -0.15) is 0 Å². The molecule has 1 aromatic rings. The van der Waals surface area contributed by atoms with Gasteiger partial charge in [0, 0.05) is 0 Å². The molecule has 1 fully saturated rings. The summed E-state index contributed by atoms with van der Waals surface area (Å²) in [5, 5.41) is 11.5. The Balaban J connectivity index is 2.25. The minimum absolute atomic E-state index is 0.163. The fourth-order valence-electron chi connectivity index (χ4n) is 2.33. The van der Waals surface area contributed by atoms with Crippen LogP contribution in [0.25, 0.3) is 0 Å². The summed E-state index contributed by atoms with van der Waals surface area (Å²) in [6, 6.07) is 4.06. The average Bonchev–Trinajstić information content (AvgIpc) is 2.82. The first kappa shape index (κ1) is 13.8. The van der Waals surface area contributed by atoms with Crippen molar-refractivity contribution < 1.29 is 19.1 Å². The molecule has 1 aliphatic carbocycles. The first-order valence-electron chi connectivity index (χ1n) is 5.96. The van der Waals surface area contributed by atoms with E-state index in [0.717, 1.165) is 12.8 Å². The number of hydrogen-bond donors (Lipinski definition) is 2. The van der Waals surface area contributed by atoms with Gasteiger partial charge in [0.2, 0.25) is 0 Å². The van der Waals surface area contributed by atoms with Gasteiger partial charge in [0.1, 0.15) is 5.54 Å². The molecule has 6 heteroatoms. The van der Waals surface area contributed by atoms with Crippen molar-refractivity contribution in [3.8, 4) is 0 Å². The molecule has 0 saturated heterocycles. The fourth-order valence-corrected chi connectivity index (χ4v) is 2.51. The zero-order chi connectivity index (χ0) is 14.0. The maximum Gasteiger partial charge on any atom is 0.329 e. The largest absolute Gasteiger partial charge is 0.480 e. The molecule has 0 aliphatic heterocycles. The van der Waals surface area contributed by atoms with Gasteiger partial charge in [0.15, 0.2) is 5.82 Å². The van der Waals surface area contributed by atoms with Crippen molar-refractivity contribution in [1.82, 2.24) is 5.32 Å². The first-order valence-corrected chi connectivity index (χ1v) is 6.34. The molecule has 0 aromatic heterocycles. The Labute approximate surface area is 114 Å². The van der Waals surface area contributed by atoms with E-state index in [-0.39, 0.29) is 10.6 Å². The number of halogens is 2. The summed E-state index contributed by atoms with van der Waals surface area (Å²) in [6.45, 7) is 0. The van der Waals surface area contributed by atoms with Gasteiger partial charge in [-0.1, -0.05) is 30.5 Å². The van der Waals surface area contributed by atoms with Crippen LogP contribution >= 0.6 is 11.6 Å². The lowest BCUT2D eigenvalue weighted by Gasteiger charge is -2.25. The summed E-state index contributed by atoms with van der Waals surface area (Å²) in [6.07, 6.45) is 2.17. The number of benzene rings is 1. The summed E-state index contributed by atoms with van der Waals surface area (Å²) >= 11 is 5.60. The van der Waals surface area contributed by atoms with E-state index >= 15 is 0 Å². The molecule has 0 unspecified atom stereocenters. The minimum atomic E-state index is -1.29. The highest BCUT2D eigenvalue weighted by molar-refractivity contribution is 6.31. The van der Waals surface area contributed by atoms with Gasteiger partial charge in [0.05, 0.1) is 10.6 Å². The van der Waals surface area contributed by atoms with Crippen LogP contribution < -0.4 is 5.32 Å². The SMILES string of the molecule is O=C(NC1(C(=O)O)CCCC1)c1cccc(Cl)c1F. The van der Waals surface area contributed by atoms with Gasteiger partial charge < -0.3 is 10.4 Å². The normalized spacial score (nSPS) is 17.2. The molecule has 1 aliphatic rings. The number of amides is 1. The number of rotatable bonds is 3. The van der Waals surface area contributed by atoms with Crippen LogP contribution in [0.1, 0.15) is 36.0 Å². The van der Waals surface area contributed by atoms with Gasteiger partial charge in [0.25, 0.3) is 5.91 Å². The van der Waals surface area contributed by atoms with Gasteiger partial charge in [-0.15, -0.1) is 0 Å². The predicted octanol–water partition coefficient (Wildman–Crippen LogP) is 2.61. The Morgan fingerprint density at radius 2 is 1.95 bits per heavy atom. The van der Waals surface area contributed by atoms with E-state index < -0.39 is 23.2 Å². The number of nitrogens with one attached hydrogen (secondary N) is 1. The predicted molar refractivity (Wildman–Crippen MR) is 67.7 cm³/mol. The Bertz CT molecular complexity index is 527. The third-order valence-electron chi connectivity index (χ3n) is 3.42. The van der Waals surface area contributed by atoms with Crippen molar-refractivity contribution in [3.05, 3.63) is 34.6 Å². The topological polar surface area (TPSA) is 66.4 Å². The summed E-state index contributed by atoms with van der Waals surface area (Å²) in [5.41, 5.74) is -1.52. The molecule has 2 rings (SSSR count). The van der Waals surface area contributed by atoms with E-state index in [1.807, 2.05) is 0 Å². The van der Waals surface area contributed by atoms with Crippen LogP contribution in [0.2, 0.25) is 5.02 Å². The average molecular weight is 286 g/mol. The van der Waals surface area contributed by atoms with Crippen molar-refractivity contribution in [2.75, 3.05) is 0 Å². The molecule has 4 nitrogen and oxygen atoms in total. The molecule has 0 spiro atoms. The third-order valence-corrected chi connectivity index (χ3v) is 3.71. The van der Waals surface area contributed by atoms with Crippen molar-refractivity contribution in [2.24, 2.45) is 0 Å². The molecule has 1 amide bonds. The highest BCUT2D eigenvalue weighted by Crippen LogP contribution is 2.30. The number of hydrogen-bond acceptors (Lipinski definition) is 2. The second kappa shape index (κ2) is 5.17. The number of carbonyl (C=O) groups is 2. The maximum atomic E-state index is 13.7. The lowest BCUT2D eigenvalue weighted by atomic mass is 9.97. The zero-order valence-corrected chi connectivity index (χ0v) is 10.8. The Morgan fingerprint density at radius 1 is 1.32 bits per heavy atom. The number of carboxylic acid groups (broad SMARTS) is 1. The van der Waals surface area contributed by atoms with Gasteiger partial charge >= 0.3 is 5.97 Å². The number of aliphatic carboxylic acids is 1. The molecular weight excluding hydrogens is 273 g/mol. The standard InChI is InChI=1S/C13H13ClFNO3/c14-9-5-3-4-8(10(9)15)11(17)16-13(12(18)19)6-1-2-7-13/h3-5H,1-2,6-7H2,(H,16,17)(H,18,19). The van der Waals surface area contributed by atoms with Crippen LogP contribution in [-0.4, -0.2) is 22.5 Å². The molecular formula is C13H13ClFNO3. The summed E-state index contributed by atoms with van der Waals surface area (Å²) in [5.74, 6) is -2.66. The number of carboxylic acids is 1. The van der Waals surface area contributed by atoms with E-state index in [2.05, 4.69) is 5.32 Å². The van der Waals surface area contributed by atoms with Crippen LogP contribution in [0.4, 0.5) is 4.39 Å².